The van der Waals surface area contributed by atoms with Gasteiger partial charge in [0.2, 0.25) is 5.91 Å². The lowest BCUT2D eigenvalue weighted by atomic mass is 9.93. The van der Waals surface area contributed by atoms with Crippen molar-refractivity contribution in [3.05, 3.63) is 66.5 Å². The van der Waals surface area contributed by atoms with E-state index in [1.54, 1.807) is 29.2 Å². The zero-order valence-electron chi connectivity index (χ0n) is 15.3. The number of benzene rings is 2. The van der Waals surface area contributed by atoms with Gasteiger partial charge in [0.15, 0.2) is 0 Å². The van der Waals surface area contributed by atoms with Gasteiger partial charge in [-0.3, -0.25) is 9.59 Å². The Balaban J connectivity index is 1.90. The third-order valence-corrected chi connectivity index (χ3v) is 4.32. The highest BCUT2D eigenvalue weighted by atomic mass is 19.1. The molecule has 0 unspecified atom stereocenters. The molecule has 0 atom stereocenters. The van der Waals surface area contributed by atoms with Gasteiger partial charge in [-0.2, -0.15) is 0 Å². The Morgan fingerprint density at radius 1 is 1.33 bits per heavy atom. The van der Waals surface area contributed by atoms with Crippen molar-refractivity contribution in [1.29, 1.82) is 0 Å². The minimum Gasteiger partial charge on any atom is -0.490 e. The molecule has 140 valence electrons. The Labute approximate surface area is 157 Å². The standard InChI is InChI=1S/C21H21FN2O3/c1-4-10-24-17-9-8-16(12-18(17)27-13-21(2,3)20(24)26)23-19(25)14-6-5-7-15(22)11-14/h4-9,11-12H,1,10,13H2,2-3H3,(H,23,25). The average Bonchev–Trinajstić information content (AvgIpc) is 2.72. The number of fused-ring (bicyclic) bond motifs is 1. The molecule has 27 heavy (non-hydrogen) atoms. The summed E-state index contributed by atoms with van der Waals surface area (Å²) in [6.07, 6.45) is 1.66. The number of ether oxygens (including phenoxy) is 1. The first-order valence-corrected chi connectivity index (χ1v) is 8.58. The maximum atomic E-state index is 13.3. The molecule has 0 bridgehead atoms. The van der Waals surface area contributed by atoms with Crippen LogP contribution in [0.2, 0.25) is 0 Å². The van der Waals surface area contributed by atoms with Crippen LogP contribution >= 0.6 is 0 Å². The highest BCUT2D eigenvalue weighted by molar-refractivity contribution is 6.05. The molecule has 0 radical (unpaired) electrons. The van der Waals surface area contributed by atoms with E-state index < -0.39 is 17.1 Å². The first-order chi connectivity index (χ1) is 12.8. The van der Waals surface area contributed by atoms with Crippen molar-refractivity contribution in [2.75, 3.05) is 23.4 Å². The molecule has 5 nitrogen and oxygen atoms in total. The topological polar surface area (TPSA) is 58.6 Å². The van der Waals surface area contributed by atoms with Crippen molar-refractivity contribution in [2.45, 2.75) is 13.8 Å². The van der Waals surface area contributed by atoms with Crippen LogP contribution in [0.3, 0.4) is 0 Å². The quantitative estimate of drug-likeness (QED) is 0.830. The molecule has 2 aromatic rings. The third kappa shape index (κ3) is 3.84. The molecule has 2 amide bonds. The summed E-state index contributed by atoms with van der Waals surface area (Å²) in [5, 5.41) is 2.73. The van der Waals surface area contributed by atoms with Crippen molar-refractivity contribution in [2.24, 2.45) is 5.41 Å². The highest BCUT2D eigenvalue weighted by Gasteiger charge is 2.37. The molecule has 0 saturated heterocycles. The van der Waals surface area contributed by atoms with Crippen molar-refractivity contribution >= 4 is 23.2 Å². The molecule has 0 fully saturated rings. The number of hydrogen-bond donors (Lipinski definition) is 1. The monoisotopic (exact) mass is 368 g/mol. The van der Waals surface area contributed by atoms with E-state index in [1.807, 2.05) is 13.8 Å². The molecule has 0 aromatic heterocycles. The molecule has 0 spiro atoms. The minimum absolute atomic E-state index is 0.0577. The van der Waals surface area contributed by atoms with Gasteiger partial charge < -0.3 is 15.0 Å². The highest BCUT2D eigenvalue weighted by Crippen LogP contribution is 2.38. The van der Waals surface area contributed by atoms with Crippen LogP contribution in [0.5, 0.6) is 5.75 Å². The minimum atomic E-state index is -0.687. The number of anilines is 2. The zero-order valence-corrected chi connectivity index (χ0v) is 15.3. The third-order valence-electron chi connectivity index (χ3n) is 4.32. The van der Waals surface area contributed by atoms with Crippen LogP contribution in [0, 0.1) is 11.2 Å². The normalized spacial score (nSPS) is 15.4. The summed E-state index contributed by atoms with van der Waals surface area (Å²) < 4.78 is 19.2. The Morgan fingerprint density at radius 3 is 2.81 bits per heavy atom. The fourth-order valence-electron chi connectivity index (χ4n) is 2.87. The summed E-state index contributed by atoms with van der Waals surface area (Å²) >= 11 is 0. The van der Waals surface area contributed by atoms with Crippen molar-refractivity contribution in [3.63, 3.8) is 0 Å². The van der Waals surface area contributed by atoms with E-state index >= 15 is 0 Å². The van der Waals surface area contributed by atoms with Gasteiger partial charge in [-0.15, -0.1) is 6.58 Å². The van der Waals surface area contributed by atoms with Gasteiger partial charge in [0.1, 0.15) is 18.2 Å². The van der Waals surface area contributed by atoms with Gasteiger partial charge in [0.25, 0.3) is 5.91 Å². The van der Waals surface area contributed by atoms with E-state index in [2.05, 4.69) is 11.9 Å². The van der Waals surface area contributed by atoms with Crippen LogP contribution < -0.4 is 15.0 Å². The predicted molar refractivity (Wildman–Crippen MR) is 103 cm³/mol. The lowest BCUT2D eigenvalue weighted by molar-refractivity contribution is -0.127. The smallest absolute Gasteiger partial charge is 0.255 e. The van der Waals surface area contributed by atoms with E-state index in [4.69, 9.17) is 4.74 Å². The van der Waals surface area contributed by atoms with Crippen LogP contribution in [0.4, 0.5) is 15.8 Å². The first kappa shape index (κ1) is 18.6. The number of amides is 2. The van der Waals surface area contributed by atoms with Crippen LogP contribution in [0.15, 0.2) is 55.1 Å². The van der Waals surface area contributed by atoms with Crippen LogP contribution in [-0.4, -0.2) is 25.0 Å². The van der Waals surface area contributed by atoms with Gasteiger partial charge in [0, 0.05) is 23.9 Å². The summed E-state index contributed by atoms with van der Waals surface area (Å²) in [4.78, 5) is 26.7. The molecule has 1 aliphatic heterocycles. The van der Waals surface area contributed by atoms with E-state index in [0.29, 0.717) is 23.7 Å². The maximum Gasteiger partial charge on any atom is 0.255 e. The molecule has 2 aromatic carbocycles. The summed E-state index contributed by atoms with van der Waals surface area (Å²) in [6, 6.07) is 10.5. The molecule has 3 rings (SSSR count). The number of hydrogen-bond acceptors (Lipinski definition) is 3. The molecule has 1 heterocycles. The number of nitrogens with zero attached hydrogens (tertiary/aromatic N) is 1. The van der Waals surface area contributed by atoms with E-state index in [-0.39, 0.29) is 18.1 Å². The van der Waals surface area contributed by atoms with Gasteiger partial charge in [-0.05, 0) is 44.2 Å². The van der Waals surface area contributed by atoms with Crippen molar-refractivity contribution < 1.29 is 18.7 Å². The Morgan fingerprint density at radius 2 is 2.11 bits per heavy atom. The number of carbonyl (C=O) groups excluding carboxylic acids is 2. The zero-order chi connectivity index (χ0) is 19.6. The number of rotatable bonds is 4. The molecular weight excluding hydrogens is 347 g/mol. The van der Waals surface area contributed by atoms with E-state index in [1.165, 1.54) is 24.3 Å². The van der Waals surface area contributed by atoms with E-state index in [0.717, 1.165) is 0 Å². The Bertz CT molecular complexity index is 908. The number of halogens is 1. The first-order valence-electron chi connectivity index (χ1n) is 8.58. The van der Waals surface area contributed by atoms with Crippen LogP contribution in [-0.2, 0) is 4.79 Å². The van der Waals surface area contributed by atoms with Crippen molar-refractivity contribution in [1.82, 2.24) is 0 Å². The maximum absolute atomic E-state index is 13.3. The van der Waals surface area contributed by atoms with Gasteiger partial charge in [-0.1, -0.05) is 12.1 Å². The van der Waals surface area contributed by atoms with Crippen molar-refractivity contribution in [3.8, 4) is 5.75 Å². The summed E-state index contributed by atoms with van der Waals surface area (Å²) in [7, 11) is 0. The number of carbonyl (C=O) groups is 2. The number of nitrogens with one attached hydrogen (secondary N) is 1. The molecule has 1 N–H and O–H groups in total. The summed E-state index contributed by atoms with van der Waals surface area (Å²) in [6.45, 7) is 7.93. The predicted octanol–water partition coefficient (Wildman–Crippen LogP) is 4.02. The fourth-order valence-corrected chi connectivity index (χ4v) is 2.87. The van der Waals surface area contributed by atoms with Crippen LogP contribution in [0.1, 0.15) is 24.2 Å². The second-order valence-corrected chi connectivity index (χ2v) is 7.02. The van der Waals surface area contributed by atoms with Gasteiger partial charge >= 0.3 is 0 Å². The molecule has 0 aliphatic carbocycles. The Hall–Kier alpha value is -3.15. The molecular formula is C21H21FN2O3. The van der Waals surface area contributed by atoms with E-state index in [9.17, 15) is 14.0 Å². The summed E-state index contributed by atoms with van der Waals surface area (Å²) in [5.74, 6) is -0.471. The molecule has 6 heteroatoms. The lowest BCUT2D eigenvalue weighted by Gasteiger charge is -2.27. The molecule has 1 aliphatic rings. The van der Waals surface area contributed by atoms with Crippen LogP contribution in [0.25, 0.3) is 0 Å². The van der Waals surface area contributed by atoms with Gasteiger partial charge in [0.05, 0.1) is 11.1 Å². The second kappa shape index (κ2) is 7.23. The Kier molecular flexibility index (Phi) is 4.99. The SMILES string of the molecule is C=CCN1C(=O)C(C)(C)COc2cc(NC(=O)c3cccc(F)c3)ccc21. The lowest BCUT2D eigenvalue weighted by Crippen LogP contribution is -2.42. The van der Waals surface area contributed by atoms with Gasteiger partial charge in [-0.25, -0.2) is 4.39 Å². The average molecular weight is 368 g/mol. The summed E-state index contributed by atoms with van der Waals surface area (Å²) in [5.41, 5.74) is 0.644. The fraction of sp³-hybridized carbons (Fsp3) is 0.238. The largest absolute Gasteiger partial charge is 0.490 e. The second-order valence-electron chi connectivity index (χ2n) is 7.02. The molecule has 0 saturated carbocycles.